The van der Waals surface area contributed by atoms with E-state index in [1.165, 1.54) is 92.2 Å². The maximum absolute atomic E-state index is 2.42. The van der Waals surface area contributed by atoms with E-state index in [1.807, 2.05) is 11.3 Å². The van der Waals surface area contributed by atoms with Gasteiger partial charge in [-0.15, -0.1) is 11.3 Å². The summed E-state index contributed by atoms with van der Waals surface area (Å²) in [7, 11) is 0. The monoisotopic (exact) mass is 784 g/mol. The Hall–Kier alpha value is -7.20. The minimum Gasteiger partial charge on any atom is -0.310 e. The molecule has 2 nitrogen and oxygen atoms in total. The minimum atomic E-state index is -0.103. The molecule has 12 rings (SSSR count). The molecule has 11 aromatic rings. The van der Waals surface area contributed by atoms with Gasteiger partial charge in [0.2, 0.25) is 0 Å². The molecule has 0 aliphatic heterocycles. The van der Waals surface area contributed by atoms with Gasteiger partial charge in [-0.3, -0.25) is 0 Å². The molecule has 0 saturated carbocycles. The van der Waals surface area contributed by atoms with Crippen LogP contribution < -0.4 is 4.90 Å². The first-order valence-electron chi connectivity index (χ1n) is 20.7. The molecule has 0 atom stereocenters. The summed E-state index contributed by atoms with van der Waals surface area (Å²) >= 11 is 1.86. The molecule has 0 N–H and O–H groups in total. The number of thiophene rings is 1. The Morgan fingerprint density at radius 3 is 1.70 bits per heavy atom. The number of para-hydroxylation sites is 2. The van der Waals surface area contributed by atoms with Crippen molar-refractivity contribution in [1.29, 1.82) is 0 Å². The molecule has 9 aromatic carbocycles. The van der Waals surface area contributed by atoms with Gasteiger partial charge in [-0.25, -0.2) is 0 Å². The lowest BCUT2D eigenvalue weighted by Gasteiger charge is -2.28. The molecule has 284 valence electrons. The summed E-state index contributed by atoms with van der Waals surface area (Å²) in [5.74, 6) is 0. The number of hydrogen-bond donors (Lipinski definition) is 0. The summed E-state index contributed by atoms with van der Waals surface area (Å²) < 4.78 is 5.03. The van der Waals surface area contributed by atoms with Crippen molar-refractivity contribution in [2.24, 2.45) is 0 Å². The van der Waals surface area contributed by atoms with Crippen LogP contribution in [0.5, 0.6) is 0 Å². The highest BCUT2D eigenvalue weighted by Crippen LogP contribution is 2.51. The number of hydrogen-bond acceptors (Lipinski definition) is 2. The second-order valence-corrected chi connectivity index (χ2v) is 17.6. The fourth-order valence-electron chi connectivity index (χ4n) is 9.80. The Morgan fingerprint density at radius 1 is 0.383 bits per heavy atom. The van der Waals surface area contributed by atoms with E-state index in [4.69, 9.17) is 0 Å². The molecule has 0 saturated heterocycles. The van der Waals surface area contributed by atoms with E-state index >= 15 is 0 Å². The largest absolute Gasteiger partial charge is 0.310 e. The average Bonchev–Trinajstić information content (AvgIpc) is 3.92. The van der Waals surface area contributed by atoms with Gasteiger partial charge in [0.25, 0.3) is 0 Å². The molecule has 0 fully saturated rings. The zero-order valence-corrected chi connectivity index (χ0v) is 34.2. The predicted octanol–water partition coefficient (Wildman–Crippen LogP) is 16.3. The van der Waals surface area contributed by atoms with Crippen molar-refractivity contribution >= 4 is 70.4 Å². The van der Waals surface area contributed by atoms with Gasteiger partial charge in [0.15, 0.2) is 0 Å². The third-order valence-electron chi connectivity index (χ3n) is 12.8. The standard InChI is InChI=1S/C57H40N2S/c1-57(2)51-17-9-6-14-45(51)46-31-30-44(36-52(46)57)58(43-28-22-38(23-29-43)40-25-33-56-50(35-40)48-16-8-11-19-55(48)60-56)42-26-20-37(21-27-42)39-24-32-54-49(34-39)47-15-7-10-18-53(47)59(54)41-12-4-3-5-13-41/h3-36H,1-2H3. The van der Waals surface area contributed by atoms with E-state index in [-0.39, 0.29) is 5.41 Å². The average molecular weight is 785 g/mol. The Balaban J connectivity index is 0.952. The summed E-state index contributed by atoms with van der Waals surface area (Å²) in [5, 5.41) is 5.16. The third-order valence-corrected chi connectivity index (χ3v) is 14.0. The smallest absolute Gasteiger partial charge is 0.0541 e. The second-order valence-electron chi connectivity index (χ2n) is 16.6. The first-order chi connectivity index (χ1) is 29.5. The molecule has 0 amide bonds. The quantitative estimate of drug-likeness (QED) is 0.163. The normalized spacial score (nSPS) is 13.0. The van der Waals surface area contributed by atoms with Crippen molar-refractivity contribution in [3.05, 3.63) is 217 Å². The summed E-state index contributed by atoms with van der Waals surface area (Å²) in [4.78, 5) is 2.42. The lowest BCUT2D eigenvalue weighted by Crippen LogP contribution is -2.16. The molecule has 60 heavy (non-hydrogen) atoms. The van der Waals surface area contributed by atoms with Crippen molar-refractivity contribution in [3.63, 3.8) is 0 Å². The highest BCUT2D eigenvalue weighted by Gasteiger charge is 2.35. The zero-order valence-electron chi connectivity index (χ0n) is 33.4. The van der Waals surface area contributed by atoms with Crippen LogP contribution in [0.1, 0.15) is 25.0 Å². The molecule has 0 spiro atoms. The van der Waals surface area contributed by atoms with Gasteiger partial charge in [-0.1, -0.05) is 135 Å². The Labute approximate surface area is 353 Å². The van der Waals surface area contributed by atoms with E-state index in [0.29, 0.717) is 0 Å². The molecular formula is C57H40N2S. The fraction of sp³-hybridized carbons (Fsp3) is 0.0526. The van der Waals surface area contributed by atoms with Crippen LogP contribution >= 0.6 is 11.3 Å². The molecule has 2 heterocycles. The number of fused-ring (bicyclic) bond motifs is 9. The Morgan fingerprint density at radius 2 is 0.933 bits per heavy atom. The lowest BCUT2D eigenvalue weighted by molar-refractivity contribution is 0.660. The molecule has 0 radical (unpaired) electrons. The summed E-state index contributed by atoms with van der Waals surface area (Å²) in [5.41, 5.74) is 17.1. The first-order valence-corrected chi connectivity index (χ1v) is 21.6. The fourth-order valence-corrected chi connectivity index (χ4v) is 10.9. The number of benzene rings is 9. The summed E-state index contributed by atoms with van der Waals surface area (Å²) in [6, 6.07) is 76.1. The molecule has 0 unspecified atom stereocenters. The van der Waals surface area contributed by atoms with Gasteiger partial charge < -0.3 is 9.47 Å². The SMILES string of the molecule is CC1(C)c2ccccc2-c2ccc(N(c3ccc(-c4ccc5sc6ccccc6c5c4)cc3)c3ccc(-c4ccc5c(c4)c4ccccc4n5-c4ccccc4)cc3)cc21. The molecule has 3 heteroatoms. The Kier molecular flexibility index (Phi) is 7.79. The number of aromatic nitrogens is 1. The van der Waals surface area contributed by atoms with Gasteiger partial charge in [0, 0.05) is 59.1 Å². The van der Waals surface area contributed by atoms with E-state index < -0.39 is 0 Å². The van der Waals surface area contributed by atoms with Crippen LogP contribution in [0, 0.1) is 0 Å². The van der Waals surface area contributed by atoms with Crippen LogP contribution in [0.25, 0.3) is 81.0 Å². The van der Waals surface area contributed by atoms with Crippen LogP contribution in [0.3, 0.4) is 0 Å². The zero-order chi connectivity index (χ0) is 40.0. The maximum Gasteiger partial charge on any atom is 0.0541 e. The van der Waals surface area contributed by atoms with Crippen molar-refractivity contribution in [2.45, 2.75) is 19.3 Å². The van der Waals surface area contributed by atoms with E-state index in [9.17, 15) is 0 Å². The number of rotatable bonds is 6. The Bertz CT molecular complexity index is 3440. The lowest BCUT2D eigenvalue weighted by atomic mass is 9.82. The van der Waals surface area contributed by atoms with E-state index in [1.54, 1.807) is 0 Å². The predicted molar refractivity (Wildman–Crippen MR) is 257 cm³/mol. The van der Waals surface area contributed by atoms with E-state index in [2.05, 4.69) is 230 Å². The van der Waals surface area contributed by atoms with Gasteiger partial charge in [0.05, 0.1) is 11.0 Å². The van der Waals surface area contributed by atoms with Crippen molar-refractivity contribution in [3.8, 4) is 39.1 Å². The minimum absolute atomic E-state index is 0.103. The van der Waals surface area contributed by atoms with Gasteiger partial charge in [-0.2, -0.15) is 0 Å². The van der Waals surface area contributed by atoms with Crippen molar-refractivity contribution in [1.82, 2.24) is 4.57 Å². The van der Waals surface area contributed by atoms with Crippen molar-refractivity contribution in [2.75, 3.05) is 4.90 Å². The van der Waals surface area contributed by atoms with Crippen LogP contribution in [0.2, 0.25) is 0 Å². The van der Waals surface area contributed by atoms with Crippen molar-refractivity contribution < 1.29 is 0 Å². The molecule has 2 aromatic heterocycles. The van der Waals surface area contributed by atoms with Crippen LogP contribution in [-0.2, 0) is 5.41 Å². The molecule has 1 aliphatic rings. The van der Waals surface area contributed by atoms with Crippen LogP contribution in [0.4, 0.5) is 17.1 Å². The summed E-state index contributed by atoms with van der Waals surface area (Å²) in [6.07, 6.45) is 0. The van der Waals surface area contributed by atoms with E-state index in [0.717, 1.165) is 17.1 Å². The highest BCUT2D eigenvalue weighted by atomic mass is 32.1. The second kappa shape index (κ2) is 13.4. The van der Waals surface area contributed by atoms with Gasteiger partial charge >= 0.3 is 0 Å². The number of anilines is 3. The highest BCUT2D eigenvalue weighted by molar-refractivity contribution is 7.25. The van der Waals surface area contributed by atoms with Gasteiger partial charge in [-0.05, 0) is 129 Å². The first kappa shape index (κ1) is 34.8. The summed E-state index contributed by atoms with van der Waals surface area (Å²) in [6.45, 7) is 4.72. The molecule has 0 bridgehead atoms. The van der Waals surface area contributed by atoms with Gasteiger partial charge in [0.1, 0.15) is 0 Å². The van der Waals surface area contributed by atoms with Crippen LogP contribution in [0.15, 0.2) is 206 Å². The maximum atomic E-state index is 2.42. The third kappa shape index (κ3) is 5.40. The molecule has 1 aliphatic carbocycles. The number of nitrogens with zero attached hydrogens (tertiary/aromatic N) is 2. The molecular weight excluding hydrogens is 745 g/mol. The topological polar surface area (TPSA) is 8.17 Å². The van der Waals surface area contributed by atoms with Crippen LogP contribution in [-0.4, -0.2) is 4.57 Å².